The summed E-state index contributed by atoms with van der Waals surface area (Å²) in [7, 11) is -5.17. The number of amides is 3. The molecule has 2 rings (SSSR count). The summed E-state index contributed by atoms with van der Waals surface area (Å²) < 4.78 is 39.4. The Morgan fingerprint density at radius 2 is 1.91 bits per heavy atom. The van der Waals surface area contributed by atoms with Crippen molar-refractivity contribution in [3.8, 4) is 0 Å². The number of rotatable bonds is 11. The molecule has 0 bridgehead atoms. The zero-order chi connectivity index (χ0) is 24.6. The third-order valence-corrected chi connectivity index (χ3v) is 6.12. The van der Waals surface area contributed by atoms with Gasteiger partial charge in [-0.3, -0.25) is 9.59 Å². The van der Waals surface area contributed by atoms with Crippen molar-refractivity contribution >= 4 is 28.0 Å². The maximum absolute atomic E-state index is 12.9. The summed E-state index contributed by atoms with van der Waals surface area (Å²) in [5, 5.41) is 17.4. The van der Waals surface area contributed by atoms with E-state index in [4.69, 9.17) is 4.74 Å². The Morgan fingerprint density at radius 3 is 2.45 bits per heavy atom. The first-order valence-corrected chi connectivity index (χ1v) is 12.1. The fourth-order valence-corrected chi connectivity index (χ4v) is 4.10. The normalized spacial score (nSPS) is 18.8. The van der Waals surface area contributed by atoms with Gasteiger partial charge in [0.05, 0.1) is 6.04 Å². The minimum Gasteiger partial charge on any atom is -0.746 e. The molecule has 1 aromatic rings. The van der Waals surface area contributed by atoms with Gasteiger partial charge in [0.2, 0.25) is 11.8 Å². The standard InChI is InChI=1S/C21H31N3O8S/c1-13(2)10-16(24-21(28)32-12-14-6-4-3-5-7-14)19(26)23-17(20(27)33(29,30)31)11-15-8-9-22-18(15)25/h3-7,13,15-17,20,27H,8-12H2,1-2H3,(H,22,25)(H,23,26)(H,24,28)(H,29,30,31)/p-1/t15?,16-,17-,20?/m1/s1. The molecule has 4 N–H and O–H groups in total. The molecule has 0 saturated carbocycles. The number of aliphatic hydroxyl groups excluding tert-OH is 1. The third-order valence-electron chi connectivity index (χ3n) is 5.20. The summed E-state index contributed by atoms with van der Waals surface area (Å²) in [4.78, 5) is 37.0. The van der Waals surface area contributed by atoms with Crippen LogP contribution in [0.15, 0.2) is 30.3 Å². The number of hydrogen-bond donors (Lipinski definition) is 4. The Hall–Kier alpha value is -2.70. The van der Waals surface area contributed by atoms with Gasteiger partial charge in [0, 0.05) is 12.5 Å². The van der Waals surface area contributed by atoms with Crippen LogP contribution in [0.5, 0.6) is 0 Å². The van der Waals surface area contributed by atoms with Crippen molar-refractivity contribution in [3.63, 3.8) is 0 Å². The minimum absolute atomic E-state index is 0.0186. The van der Waals surface area contributed by atoms with Crippen molar-refractivity contribution in [3.05, 3.63) is 35.9 Å². The average Bonchev–Trinajstić information content (AvgIpc) is 3.14. The Kier molecular flexibility index (Phi) is 9.62. The molecule has 11 nitrogen and oxygen atoms in total. The molecule has 184 valence electrons. The zero-order valence-electron chi connectivity index (χ0n) is 18.5. The van der Waals surface area contributed by atoms with Crippen LogP contribution in [0.25, 0.3) is 0 Å². The highest BCUT2D eigenvalue weighted by Gasteiger charge is 2.35. The van der Waals surface area contributed by atoms with Crippen LogP contribution in [0.2, 0.25) is 0 Å². The number of carbonyl (C=O) groups is 3. The van der Waals surface area contributed by atoms with Gasteiger partial charge in [0.15, 0.2) is 5.44 Å². The summed E-state index contributed by atoms with van der Waals surface area (Å²) >= 11 is 0. The molecule has 0 aliphatic carbocycles. The average molecular weight is 485 g/mol. The first-order valence-electron chi connectivity index (χ1n) is 10.7. The van der Waals surface area contributed by atoms with Gasteiger partial charge in [0.25, 0.3) is 0 Å². The highest BCUT2D eigenvalue weighted by molar-refractivity contribution is 7.86. The van der Waals surface area contributed by atoms with Crippen molar-refractivity contribution in [1.29, 1.82) is 0 Å². The maximum Gasteiger partial charge on any atom is 0.408 e. The topological polar surface area (TPSA) is 174 Å². The van der Waals surface area contributed by atoms with Gasteiger partial charge in [-0.2, -0.15) is 0 Å². The number of benzene rings is 1. The monoisotopic (exact) mass is 484 g/mol. The predicted molar refractivity (Wildman–Crippen MR) is 116 cm³/mol. The highest BCUT2D eigenvalue weighted by atomic mass is 32.2. The summed E-state index contributed by atoms with van der Waals surface area (Å²) in [5.74, 6) is -1.86. The second kappa shape index (κ2) is 12.0. The van der Waals surface area contributed by atoms with Gasteiger partial charge in [-0.1, -0.05) is 44.2 Å². The number of aliphatic hydroxyl groups is 1. The van der Waals surface area contributed by atoms with Gasteiger partial charge < -0.3 is 30.3 Å². The molecule has 33 heavy (non-hydrogen) atoms. The summed E-state index contributed by atoms with van der Waals surface area (Å²) in [6.45, 7) is 3.98. The summed E-state index contributed by atoms with van der Waals surface area (Å²) in [6, 6.07) is 6.27. The van der Waals surface area contributed by atoms with E-state index >= 15 is 0 Å². The van der Waals surface area contributed by atoms with Crippen molar-refractivity contribution in [2.45, 2.75) is 57.2 Å². The molecule has 1 aliphatic heterocycles. The lowest BCUT2D eigenvalue weighted by atomic mass is 9.97. The van der Waals surface area contributed by atoms with Crippen LogP contribution in [-0.4, -0.2) is 60.0 Å². The molecule has 0 radical (unpaired) electrons. The van der Waals surface area contributed by atoms with E-state index in [1.807, 2.05) is 19.9 Å². The lowest BCUT2D eigenvalue weighted by Crippen LogP contribution is -2.55. The van der Waals surface area contributed by atoms with Crippen LogP contribution in [0.3, 0.4) is 0 Å². The van der Waals surface area contributed by atoms with Crippen LogP contribution >= 0.6 is 0 Å². The molecular weight excluding hydrogens is 454 g/mol. The number of nitrogens with one attached hydrogen (secondary N) is 3. The van der Waals surface area contributed by atoms with E-state index in [9.17, 15) is 32.5 Å². The molecule has 1 aromatic carbocycles. The molecule has 3 amide bonds. The third kappa shape index (κ3) is 8.63. The summed E-state index contributed by atoms with van der Waals surface area (Å²) in [5.41, 5.74) is -1.70. The SMILES string of the molecule is CC(C)C[C@@H](NC(=O)OCc1ccccc1)C(=O)N[C@H](CC1CCNC1=O)C(O)S(=O)(=O)[O-]. The van der Waals surface area contributed by atoms with Gasteiger partial charge in [0.1, 0.15) is 22.8 Å². The van der Waals surface area contributed by atoms with E-state index in [1.54, 1.807) is 24.3 Å². The molecule has 0 spiro atoms. The van der Waals surface area contributed by atoms with E-state index < -0.39 is 45.6 Å². The molecule has 4 atom stereocenters. The fraction of sp³-hybridized carbons (Fsp3) is 0.571. The van der Waals surface area contributed by atoms with E-state index in [1.165, 1.54) is 0 Å². The number of ether oxygens (including phenoxy) is 1. The molecule has 0 aromatic heterocycles. The van der Waals surface area contributed by atoms with Crippen LogP contribution in [0.1, 0.15) is 38.7 Å². The molecule has 1 aliphatic rings. The first kappa shape index (κ1) is 26.6. The lowest BCUT2D eigenvalue weighted by molar-refractivity contribution is -0.126. The number of carbonyl (C=O) groups excluding carboxylic acids is 3. The van der Waals surface area contributed by atoms with Gasteiger partial charge in [-0.25, -0.2) is 13.2 Å². The maximum atomic E-state index is 12.9. The van der Waals surface area contributed by atoms with Crippen LogP contribution in [0, 0.1) is 11.8 Å². The van der Waals surface area contributed by atoms with E-state index in [2.05, 4.69) is 16.0 Å². The Labute approximate surface area is 193 Å². The Morgan fingerprint density at radius 1 is 1.24 bits per heavy atom. The minimum atomic E-state index is -5.17. The molecule has 1 heterocycles. The number of hydrogen-bond acceptors (Lipinski definition) is 8. The largest absolute Gasteiger partial charge is 0.746 e. The van der Waals surface area contributed by atoms with Crippen LogP contribution in [-0.2, 0) is 31.1 Å². The Balaban J connectivity index is 2.08. The molecule has 1 fully saturated rings. The fourth-order valence-electron chi connectivity index (χ4n) is 3.52. The van der Waals surface area contributed by atoms with Crippen molar-refractivity contribution < 1.29 is 37.2 Å². The van der Waals surface area contributed by atoms with Crippen LogP contribution in [0.4, 0.5) is 4.79 Å². The molecule has 12 heteroatoms. The molecule has 2 unspecified atom stereocenters. The molecule has 1 saturated heterocycles. The van der Waals surface area contributed by atoms with Gasteiger partial charge in [-0.05, 0) is 30.7 Å². The zero-order valence-corrected chi connectivity index (χ0v) is 19.3. The van der Waals surface area contributed by atoms with E-state index in [0.29, 0.717) is 13.0 Å². The second-order valence-corrected chi connectivity index (χ2v) is 9.87. The highest BCUT2D eigenvalue weighted by Crippen LogP contribution is 2.20. The lowest BCUT2D eigenvalue weighted by Gasteiger charge is -2.29. The van der Waals surface area contributed by atoms with Gasteiger partial charge >= 0.3 is 6.09 Å². The quantitative estimate of drug-likeness (QED) is 0.322. The van der Waals surface area contributed by atoms with E-state index in [-0.39, 0.29) is 31.3 Å². The summed E-state index contributed by atoms with van der Waals surface area (Å²) in [6.07, 6.45) is -0.546. The molecular formula is C21H30N3O8S-. The number of alkyl carbamates (subject to hydrolysis) is 1. The van der Waals surface area contributed by atoms with Gasteiger partial charge in [-0.15, -0.1) is 0 Å². The Bertz CT molecular complexity index is 923. The van der Waals surface area contributed by atoms with E-state index in [0.717, 1.165) is 5.56 Å². The first-order chi connectivity index (χ1) is 15.5. The van der Waals surface area contributed by atoms with Crippen molar-refractivity contribution in [2.24, 2.45) is 11.8 Å². The van der Waals surface area contributed by atoms with Crippen molar-refractivity contribution in [2.75, 3.05) is 6.54 Å². The van der Waals surface area contributed by atoms with Crippen molar-refractivity contribution in [1.82, 2.24) is 16.0 Å². The predicted octanol–water partition coefficient (Wildman–Crippen LogP) is 0.202. The van der Waals surface area contributed by atoms with Crippen LogP contribution < -0.4 is 16.0 Å². The smallest absolute Gasteiger partial charge is 0.408 e. The second-order valence-electron chi connectivity index (χ2n) is 8.40.